The number of carbonyl (C=O) groups is 2. The van der Waals surface area contributed by atoms with E-state index < -0.39 is 0 Å². The SMILES string of the molecule is CN(CC(=O)N1CCCC1=O)C1CCCCC1O. The number of amides is 2. The van der Waals surface area contributed by atoms with E-state index in [2.05, 4.69) is 0 Å². The molecule has 18 heavy (non-hydrogen) atoms. The van der Waals surface area contributed by atoms with E-state index in [-0.39, 0.29) is 30.5 Å². The average Bonchev–Trinajstić information content (AvgIpc) is 2.76. The molecule has 0 aromatic rings. The molecule has 0 aromatic heterocycles. The Morgan fingerprint density at radius 3 is 2.72 bits per heavy atom. The molecule has 5 heteroatoms. The second kappa shape index (κ2) is 5.80. The van der Waals surface area contributed by atoms with E-state index in [4.69, 9.17) is 0 Å². The Balaban J connectivity index is 1.88. The zero-order valence-corrected chi connectivity index (χ0v) is 11.0. The van der Waals surface area contributed by atoms with Crippen molar-refractivity contribution < 1.29 is 14.7 Å². The Morgan fingerprint density at radius 1 is 1.39 bits per heavy atom. The number of rotatable bonds is 3. The summed E-state index contributed by atoms with van der Waals surface area (Å²) in [7, 11) is 1.86. The molecule has 1 heterocycles. The molecule has 2 fully saturated rings. The molecule has 102 valence electrons. The van der Waals surface area contributed by atoms with Gasteiger partial charge >= 0.3 is 0 Å². The van der Waals surface area contributed by atoms with Gasteiger partial charge in [-0.3, -0.25) is 19.4 Å². The molecule has 2 rings (SSSR count). The maximum Gasteiger partial charge on any atom is 0.243 e. The topological polar surface area (TPSA) is 60.9 Å². The number of hydrogen-bond donors (Lipinski definition) is 1. The van der Waals surface area contributed by atoms with Crippen LogP contribution in [0.25, 0.3) is 0 Å². The van der Waals surface area contributed by atoms with Gasteiger partial charge < -0.3 is 5.11 Å². The molecular formula is C13H22N2O3. The number of likely N-dealkylation sites (N-methyl/N-ethyl adjacent to an activating group) is 1. The summed E-state index contributed by atoms with van der Waals surface area (Å²) in [5.41, 5.74) is 0. The molecule has 1 N–H and O–H groups in total. The molecule has 5 nitrogen and oxygen atoms in total. The number of hydrogen-bond acceptors (Lipinski definition) is 4. The smallest absolute Gasteiger partial charge is 0.243 e. The van der Waals surface area contributed by atoms with Crippen LogP contribution in [0, 0.1) is 0 Å². The van der Waals surface area contributed by atoms with Gasteiger partial charge in [0.2, 0.25) is 11.8 Å². The van der Waals surface area contributed by atoms with Crippen LogP contribution in [-0.4, -0.2) is 59.0 Å². The minimum atomic E-state index is -0.342. The maximum absolute atomic E-state index is 12.0. The van der Waals surface area contributed by atoms with Gasteiger partial charge in [0.1, 0.15) is 0 Å². The zero-order chi connectivity index (χ0) is 13.1. The van der Waals surface area contributed by atoms with E-state index in [1.807, 2.05) is 11.9 Å². The van der Waals surface area contributed by atoms with E-state index in [9.17, 15) is 14.7 Å². The van der Waals surface area contributed by atoms with Crippen molar-refractivity contribution in [3.63, 3.8) is 0 Å². The van der Waals surface area contributed by atoms with E-state index in [0.717, 1.165) is 32.1 Å². The first-order chi connectivity index (χ1) is 8.59. The van der Waals surface area contributed by atoms with Gasteiger partial charge in [0.05, 0.1) is 12.6 Å². The molecule has 1 saturated carbocycles. The first-order valence-corrected chi connectivity index (χ1v) is 6.81. The fourth-order valence-corrected chi connectivity index (χ4v) is 2.93. The standard InChI is InChI=1S/C13H22N2O3/c1-14(10-5-2-3-6-11(10)16)9-13(18)15-8-4-7-12(15)17/h10-11,16H,2-9H2,1H3. The van der Waals surface area contributed by atoms with Crippen molar-refractivity contribution in [2.24, 2.45) is 0 Å². The highest BCUT2D eigenvalue weighted by Gasteiger charge is 2.31. The molecule has 2 atom stereocenters. The molecule has 0 aromatic carbocycles. The van der Waals surface area contributed by atoms with Crippen LogP contribution in [0.15, 0.2) is 0 Å². The fourth-order valence-electron chi connectivity index (χ4n) is 2.93. The molecule has 0 radical (unpaired) electrons. The Morgan fingerprint density at radius 2 is 2.11 bits per heavy atom. The van der Waals surface area contributed by atoms with E-state index in [1.54, 1.807) is 0 Å². The van der Waals surface area contributed by atoms with Crippen LogP contribution in [0.5, 0.6) is 0 Å². The van der Waals surface area contributed by atoms with Gasteiger partial charge in [0, 0.05) is 19.0 Å². The quantitative estimate of drug-likeness (QED) is 0.790. The molecule has 2 aliphatic rings. The molecule has 1 aliphatic carbocycles. The van der Waals surface area contributed by atoms with E-state index >= 15 is 0 Å². The lowest BCUT2D eigenvalue weighted by molar-refractivity contribution is -0.143. The number of nitrogens with zero attached hydrogens (tertiary/aromatic N) is 2. The predicted octanol–water partition coefficient (Wildman–Crippen LogP) is 0.371. The summed E-state index contributed by atoms with van der Waals surface area (Å²) < 4.78 is 0. The van der Waals surface area contributed by atoms with E-state index in [0.29, 0.717) is 13.0 Å². The minimum absolute atomic E-state index is 0.0559. The molecule has 2 amide bonds. The molecule has 0 spiro atoms. The normalized spacial score (nSPS) is 29.1. The number of likely N-dealkylation sites (tertiary alicyclic amines) is 1. The summed E-state index contributed by atoms with van der Waals surface area (Å²) in [6.07, 6.45) is 4.82. The summed E-state index contributed by atoms with van der Waals surface area (Å²) in [6, 6.07) is 0.0559. The molecule has 1 aliphatic heterocycles. The lowest BCUT2D eigenvalue weighted by Gasteiger charge is -2.35. The van der Waals surface area contributed by atoms with Gasteiger partial charge in [-0.05, 0) is 26.3 Å². The summed E-state index contributed by atoms with van der Waals surface area (Å²) in [5.74, 6) is -0.185. The summed E-state index contributed by atoms with van der Waals surface area (Å²) in [5, 5.41) is 9.94. The number of carbonyl (C=O) groups excluding carboxylic acids is 2. The Bertz CT molecular complexity index is 332. The van der Waals surface area contributed by atoms with Crippen molar-refractivity contribution in [3.8, 4) is 0 Å². The third-order valence-corrected chi connectivity index (χ3v) is 4.02. The second-order valence-corrected chi connectivity index (χ2v) is 5.38. The van der Waals surface area contributed by atoms with Crippen LogP contribution in [0.2, 0.25) is 0 Å². The predicted molar refractivity (Wildman–Crippen MR) is 66.8 cm³/mol. The van der Waals surface area contributed by atoms with Gasteiger partial charge in [0.25, 0.3) is 0 Å². The number of imide groups is 1. The lowest BCUT2D eigenvalue weighted by atomic mass is 9.91. The average molecular weight is 254 g/mol. The van der Waals surface area contributed by atoms with Gasteiger partial charge in [-0.25, -0.2) is 0 Å². The first-order valence-electron chi connectivity index (χ1n) is 6.81. The van der Waals surface area contributed by atoms with Crippen LogP contribution in [0.4, 0.5) is 0 Å². The van der Waals surface area contributed by atoms with Crippen molar-refractivity contribution in [2.75, 3.05) is 20.1 Å². The van der Waals surface area contributed by atoms with Crippen LogP contribution in [-0.2, 0) is 9.59 Å². The molecule has 0 bridgehead atoms. The highest BCUT2D eigenvalue weighted by molar-refractivity contribution is 5.97. The van der Waals surface area contributed by atoms with Gasteiger partial charge in [-0.1, -0.05) is 12.8 Å². The van der Waals surface area contributed by atoms with Crippen LogP contribution in [0.3, 0.4) is 0 Å². The summed E-state index contributed by atoms with van der Waals surface area (Å²) >= 11 is 0. The van der Waals surface area contributed by atoms with E-state index in [1.165, 1.54) is 4.90 Å². The lowest BCUT2D eigenvalue weighted by Crippen LogP contribution is -2.48. The van der Waals surface area contributed by atoms with Crippen LogP contribution in [0.1, 0.15) is 38.5 Å². The van der Waals surface area contributed by atoms with Crippen molar-refractivity contribution in [1.29, 1.82) is 0 Å². The fraction of sp³-hybridized carbons (Fsp3) is 0.846. The van der Waals surface area contributed by atoms with Crippen molar-refractivity contribution >= 4 is 11.8 Å². The largest absolute Gasteiger partial charge is 0.391 e. The van der Waals surface area contributed by atoms with Gasteiger partial charge in [0.15, 0.2) is 0 Å². The molecule has 1 saturated heterocycles. The zero-order valence-electron chi connectivity index (χ0n) is 11.0. The monoisotopic (exact) mass is 254 g/mol. The van der Waals surface area contributed by atoms with Crippen LogP contribution < -0.4 is 0 Å². The number of aliphatic hydroxyl groups is 1. The Kier molecular flexibility index (Phi) is 4.35. The number of aliphatic hydroxyl groups excluding tert-OH is 1. The summed E-state index contributed by atoms with van der Waals surface area (Å²) in [4.78, 5) is 26.7. The second-order valence-electron chi connectivity index (χ2n) is 5.38. The highest BCUT2D eigenvalue weighted by atomic mass is 16.3. The Hall–Kier alpha value is -0.940. The third kappa shape index (κ3) is 2.90. The van der Waals surface area contributed by atoms with Crippen molar-refractivity contribution in [3.05, 3.63) is 0 Å². The maximum atomic E-state index is 12.0. The van der Waals surface area contributed by atoms with Crippen LogP contribution >= 0.6 is 0 Å². The molecule has 2 unspecified atom stereocenters. The van der Waals surface area contributed by atoms with Crippen molar-refractivity contribution in [1.82, 2.24) is 9.80 Å². The third-order valence-electron chi connectivity index (χ3n) is 4.02. The Labute approximate surface area is 108 Å². The minimum Gasteiger partial charge on any atom is -0.391 e. The first kappa shape index (κ1) is 13.5. The summed E-state index contributed by atoms with van der Waals surface area (Å²) in [6.45, 7) is 0.784. The van der Waals surface area contributed by atoms with Gasteiger partial charge in [-0.15, -0.1) is 0 Å². The molecular weight excluding hydrogens is 232 g/mol. The van der Waals surface area contributed by atoms with Crippen molar-refractivity contribution in [2.45, 2.75) is 50.7 Å². The van der Waals surface area contributed by atoms with Gasteiger partial charge in [-0.2, -0.15) is 0 Å². The highest BCUT2D eigenvalue weighted by Crippen LogP contribution is 2.22.